The van der Waals surface area contributed by atoms with Crippen molar-refractivity contribution in [3.8, 4) is 11.5 Å². The van der Waals surface area contributed by atoms with Gasteiger partial charge in [-0.05, 0) is 50.6 Å². The van der Waals surface area contributed by atoms with E-state index in [4.69, 9.17) is 4.42 Å². The Kier molecular flexibility index (Phi) is 4.15. The number of carbonyl (C=O) groups excluding carboxylic acids is 1. The number of rotatable bonds is 4. The number of carbonyl (C=O) groups is 1. The summed E-state index contributed by atoms with van der Waals surface area (Å²) >= 11 is 0. The summed E-state index contributed by atoms with van der Waals surface area (Å²) in [5, 5.41) is 2.88. The SMILES string of the molecule is CCCC(=O)Nc1ccc2oc(-c3cc(C)cc(C)c3)nc2c1. The Labute approximate surface area is 135 Å². The van der Waals surface area contributed by atoms with E-state index in [0.29, 0.717) is 17.9 Å². The molecule has 4 heteroatoms. The van der Waals surface area contributed by atoms with Gasteiger partial charge in [0.05, 0.1) is 0 Å². The second kappa shape index (κ2) is 6.24. The summed E-state index contributed by atoms with van der Waals surface area (Å²) in [7, 11) is 0. The van der Waals surface area contributed by atoms with E-state index in [0.717, 1.165) is 23.2 Å². The van der Waals surface area contributed by atoms with E-state index in [-0.39, 0.29) is 5.91 Å². The van der Waals surface area contributed by atoms with E-state index in [9.17, 15) is 4.79 Å². The predicted molar refractivity (Wildman–Crippen MR) is 92.5 cm³/mol. The zero-order chi connectivity index (χ0) is 16.4. The Morgan fingerprint density at radius 1 is 1.13 bits per heavy atom. The van der Waals surface area contributed by atoms with Crippen LogP contribution in [0, 0.1) is 13.8 Å². The van der Waals surface area contributed by atoms with Crippen molar-refractivity contribution in [1.29, 1.82) is 0 Å². The molecule has 23 heavy (non-hydrogen) atoms. The van der Waals surface area contributed by atoms with Crippen molar-refractivity contribution in [1.82, 2.24) is 4.98 Å². The van der Waals surface area contributed by atoms with E-state index in [1.54, 1.807) is 0 Å². The quantitative estimate of drug-likeness (QED) is 0.749. The molecule has 1 N–H and O–H groups in total. The Hall–Kier alpha value is -2.62. The van der Waals surface area contributed by atoms with Gasteiger partial charge in [0.2, 0.25) is 11.8 Å². The Morgan fingerprint density at radius 2 is 1.87 bits per heavy atom. The Balaban J connectivity index is 1.94. The molecule has 2 aromatic carbocycles. The molecule has 118 valence electrons. The summed E-state index contributed by atoms with van der Waals surface area (Å²) in [6, 6.07) is 11.8. The lowest BCUT2D eigenvalue weighted by molar-refractivity contribution is -0.116. The molecule has 1 aromatic heterocycles. The third-order valence-corrected chi connectivity index (χ3v) is 3.62. The summed E-state index contributed by atoms with van der Waals surface area (Å²) in [6.45, 7) is 6.09. The number of fused-ring (bicyclic) bond motifs is 1. The monoisotopic (exact) mass is 308 g/mol. The van der Waals surface area contributed by atoms with Gasteiger partial charge in [-0.3, -0.25) is 4.79 Å². The second-order valence-electron chi connectivity index (χ2n) is 5.88. The van der Waals surface area contributed by atoms with Crippen LogP contribution in [0.3, 0.4) is 0 Å². The molecular formula is C19H20N2O2. The molecule has 1 heterocycles. The van der Waals surface area contributed by atoms with E-state index >= 15 is 0 Å². The van der Waals surface area contributed by atoms with Gasteiger partial charge < -0.3 is 9.73 Å². The van der Waals surface area contributed by atoms with Crippen LogP contribution in [0.25, 0.3) is 22.6 Å². The van der Waals surface area contributed by atoms with Crippen LogP contribution in [-0.2, 0) is 4.79 Å². The summed E-state index contributed by atoms with van der Waals surface area (Å²) in [5.74, 6) is 0.619. The third kappa shape index (κ3) is 3.42. The van der Waals surface area contributed by atoms with Crippen LogP contribution in [0.15, 0.2) is 40.8 Å². The lowest BCUT2D eigenvalue weighted by Gasteiger charge is -2.02. The molecule has 0 saturated heterocycles. The van der Waals surface area contributed by atoms with Gasteiger partial charge in [0.1, 0.15) is 5.52 Å². The molecule has 1 amide bonds. The zero-order valence-electron chi connectivity index (χ0n) is 13.6. The first-order chi connectivity index (χ1) is 11.0. The third-order valence-electron chi connectivity index (χ3n) is 3.62. The van der Waals surface area contributed by atoms with Crippen molar-refractivity contribution in [3.63, 3.8) is 0 Å². The number of amides is 1. The highest BCUT2D eigenvalue weighted by molar-refractivity contribution is 5.93. The number of anilines is 1. The van der Waals surface area contributed by atoms with Gasteiger partial charge in [-0.15, -0.1) is 0 Å². The maximum atomic E-state index is 11.7. The number of aromatic nitrogens is 1. The molecule has 0 aliphatic carbocycles. The van der Waals surface area contributed by atoms with Gasteiger partial charge in [0, 0.05) is 17.7 Å². The number of hydrogen-bond acceptors (Lipinski definition) is 3. The van der Waals surface area contributed by atoms with Crippen molar-refractivity contribution in [2.75, 3.05) is 5.32 Å². The van der Waals surface area contributed by atoms with Crippen LogP contribution < -0.4 is 5.32 Å². The second-order valence-corrected chi connectivity index (χ2v) is 5.88. The number of nitrogens with zero attached hydrogens (tertiary/aromatic N) is 1. The normalized spacial score (nSPS) is 10.9. The van der Waals surface area contributed by atoms with E-state index in [1.807, 2.05) is 25.1 Å². The molecule has 3 rings (SSSR count). The van der Waals surface area contributed by atoms with Crippen molar-refractivity contribution in [2.24, 2.45) is 0 Å². The lowest BCUT2D eigenvalue weighted by Crippen LogP contribution is -2.10. The highest BCUT2D eigenvalue weighted by Gasteiger charge is 2.10. The average Bonchev–Trinajstić information content (AvgIpc) is 2.89. The van der Waals surface area contributed by atoms with Gasteiger partial charge in [0.15, 0.2) is 5.58 Å². The van der Waals surface area contributed by atoms with Crippen LogP contribution in [0.5, 0.6) is 0 Å². The van der Waals surface area contributed by atoms with Crippen molar-refractivity contribution < 1.29 is 9.21 Å². The number of hydrogen-bond donors (Lipinski definition) is 1. The van der Waals surface area contributed by atoms with Gasteiger partial charge >= 0.3 is 0 Å². The van der Waals surface area contributed by atoms with Gasteiger partial charge in [-0.25, -0.2) is 4.98 Å². The molecule has 0 bridgehead atoms. The minimum Gasteiger partial charge on any atom is -0.436 e. The molecular weight excluding hydrogens is 288 g/mol. The molecule has 0 spiro atoms. The van der Waals surface area contributed by atoms with Crippen LogP contribution >= 0.6 is 0 Å². The van der Waals surface area contributed by atoms with Gasteiger partial charge in [-0.2, -0.15) is 0 Å². The molecule has 0 fully saturated rings. The molecule has 4 nitrogen and oxygen atoms in total. The van der Waals surface area contributed by atoms with Crippen molar-refractivity contribution in [2.45, 2.75) is 33.6 Å². The van der Waals surface area contributed by atoms with Crippen LogP contribution in [-0.4, -0.2) is 10.9 Å². The topological polar surface area (TPSA) is 55.1 Å². The van der Waals surface area contributed by atoms with E-state index < -0.39 is 0 Å². The molecule has 0 unspecified atom stereocenters. The number of benzene rings is 2. The van der Waals surface area contributed by atoms with Gasteiger partial charge in [-0.1, -0.05) is 24.1 Å². The first-order valence-corrected chi connectivity index (χ1v) is 7.84. The molecule has 0 radical (unpaired) electrons. The number of oxazole rings is 1. The van der Waals surface area contributed by atoms with E-state index in [2.05, 4.69) is 42.3 Å². The van der Waals surface area contributed by atoms with Gasteiger partial charge in [0.25, 0.3) is 0 Å². The van der Waals surface area contributed by atoms with Crippen molar-refractivity contribution >= 4 is 22.7 Å². The summed E-state index contributed by atoms with van der Waals surface area (Å²) in [5.41, 5.74) is 5.53. The molecule has 0 saturated carbocycles. The Morgan fingerprint density at radius 3 is 2.57 bits per heavy atom. The largest absolute Gasteiger partial charge is 0.436 e. The molecule has 0 aliphatic heterocycles. The standard InChI is InChI=1S/C19H20N2O2/c1-4-5-18(22)20-15-6-7-17-16(11-15)21-19(23-17)14-9-12(2)8-13(3)10-14/h6-11H,4-5H2,1-3H3,(H,20,22). The fourth-order valence-electron chi connectivity index (χ4n) is 2.68. The summed E-state index contributed by atoms with van der Waals surface area (Å²) < 4.78 is 5.85. The average molecular weight is 308 g/mol. The molecule has 3 aromatic rings. The lowest BCUT2D eigenvalue weighted by atomic mass is 10.1. The summed E-state index contributed by atoms with van der Waals surface area (Å²) in [6.07, 6.45) is 1.35. The first-order valence-electron chi connectivity index (χ1n) is 7.84. The highest BCUT2D eigenvalue weighted by atomic mass is 16.3. The minimum absolute atomic E-state index is 0.0184. The fraction of sp³-hybridized carbons (Fsp3) is 0.263. The zero-order valence-corrected chi connectivity index (χ0v) is 13.6. The van der Waals surface area contributed by atoms with Crippen LogP contribution in [0.4, 0.5) is 5.69 Å². The summed E-state index contributed by atoms with van der Waals surface area (Å²) in [4.78, 5) is 16.3. The molecule has 0 atom stereocenters. The fourth-order valence-corrected chi connectivity index (χ4v) is 2.68. The van der Waals surface area contributed by atoms with Crippen molar-refractivity contribution in [3.05, 3.63) is 47.5 Å². The van der Waals surface area contributed by atoms with Crippen LogP contribution in [0.1, 0.15) is 30.9 Å². The first kappa shape index (κ1) is 15.3. The molecule has 0 aliphatic rings. The van der Waals surface area contributed by atoms with Crippen LogP contribution in [0.2, 0.25) is 0 Å². The minimum atomic E-state index is 0.0184. The maximum Gasteiger partial charge on any atom is 0.227 e. The number of aryl methyl sites for hydroxylation is 2. The van der Waals surface area contributed by atoms with E-state index in [1.165, 1.54) is 11.1 Å². The number of nitrogens with one attached hydrogen (secondary N) is 1. The predicted octanol–water partition coefficient (Wildman–Crippen LogP) is 4.85. The Bertz CT molecular complexity index is 845. The highest BCUT2D eigenvalue weighted by Crippen LogP contribution is 2.27. The smallest absolute Gasteiger partial charge is 0.227 e. The maximum absolute atomic E-state index is 11.7.